The Bertz CT molecular complexity index is 1400. The van der Waals surface area contributed by atoms with Crippen molar-refractivity contribution in [1.29, 1.82) is 5.26 Å². The molecule has 0 amide bonds. The van der Waals surface area contributed by atoms with Gasteiger partial charge >= 0.3 is 0 Å². The van der Waals surface area contributed by atoms with Crippen molar-refractivity contribution < 1.29 is 0 Å². The summed E-state index contributed by atoms with van der Waals surface area (Å²) in [6.45, 7) is 2.18. The van der Waals surface area contributed by atoms with Gasteiger partial charge in [0.2, 0.25) is 0 Å². The Labute approximate surface area is 169 Å². The van der Waals surface area contributed by atoms with Crippen molar-refractivity contribution in [2.24, 2.45) is 0 Å². The van der Waals surface area contributed by atoms with Crippen LogP contribution in [0.5, 0.6) is 0 Å². The minimum Gasteiger partial charge on any atom is -0.309 e. The minimum atomic E-state index is 0.626. The van der Waals surface area contributed by atoms with Gasteiger partial charge in [0.1, 0.15) is 0 Å². The molecule has 0 saturated carbocycles. The third-order valence-electron chi connectivity index (χ3n) is 5.52. The monoisotopic (exact) mass is 373 g/mol. The summed E-state index contributed by atoms with van der Waals surface area (Å²) in [7, 11) is 0. The summed E-state index contributed by atoms with van der Waals surface area (Å²) in [5.74, 6) is 0. The normalized spacial score (nSPS) is 11.0. The van der Waals surface area contributed by atoms with Crippen LogP contribution in [0.25, 0.3) is 38.6 Å². The molecule has 2 aromatic heterocycles. The smallest absolute Gasteiger partial charge is 0.0999 e. The maximum atomic E-state index is 9.62. The highest BCUT2D eigenvalue weighted by atomic mass is 15.0. The second-order valence-corrected chi connectivity index (χ2v) is 7.11. The lowest BCUT2D eigenvalue weighted by Gasteiger charge is -2.14. The van der Waals surface area contributed by atoms with E-state index in [0.717, 1.165) is 28.8 Å². The second kappa shape index (κ2) is 6.92. The Morgan fingerprint density at radius 2 is 1.66 bits per heavy atom. The molecule has 5 aromatic rings. The van der Waals surface area contributed by atoms with Crippen molar-refractivity contribution in [2.75, 3.05) is 0 Å². The van der Waals surface area contributed by atoms with Gasteiger partial charge in [-0.25, -0.2) is 0 Å². The number of aromatic nitrogens is 2. The van der Waals surface area contributed by atoms with E-state index >= 15 is 0 Å². The van der Waals surface area contributed by atoms with Crippen LogP contribution in [-0.2, 0) is 6.42 Å². The lowest BCUT2D eigenvalue weighted by atomic mass is 10.0. The highest BCUT2D eigenvalue weighted by molar-refractivity contribution is 6.10. The first kappa shape index (κ1) is 17.2. The second-order valence-electron chi connectivity index (χ2n) is 7.11. The van der Waals surface area contributed by atoms with Gasteiger partial charge in [0.05, 0.1) is 28.4 Å². The lowest BCUT2D eigenvalue weighted by molar-refractivity contribution is 1.14. The molecule has 138 valence electrons. The van der Waals surface area contributed by atoms with Crippen LogP contribution < -0.4 is 0 Å². The summed E-state index contributed by atoms with van der Waals surface area (Å²) in [4.78, 5) is 4.28. The Morgan fingerprint density at radius 1 is 0.862 bits per heavy atom. The van der Waals surface area contributed by atoms with Crippen LogP contribution in [-0.4, -0.2) is 9.55 Å². The van der Waals surface area contributed by atoms with Gasteiger partial charge in [-0.05, 0) is 42.3 Å². The average Bonchev–Trinajstić information content (AvgIpc) is 3.12. The van der Waals surface area contributed by atoms with E-state index in [0.29, 0.717) is 5.56 Å². The molecular formula is C26H19N3. The molecule has 3 aromatic carbocycles. The van der Waals surface area contributed by atoms with Crippen LogP contribution in [0.2, 0.25) is 0 Å². The van der Waals surface area contributed by atoms with Crippen LogP contribution >= 0.6 is 0 Å². The van der Waals surface area contributed by atoms with E-state index in [1.807, 2.05) is 12.1 Å². The highest BCUT2D eigenvalue weighted by Gasteiger charge is 2.16. The SMILES string of the molecule is CCc1ccc2c(c1)c1ccccc1n2-c1ccccc1-c1cnccc1C#N. The van der Waals surface area contributed by atoms with E-state index in [4.69, 9.17) is 0 Å². The van der Waals surface area contributed by atoms with Gasteiger partial charge in [0, 0.05) is 34.3 Å². The van der Waals surface area contributed by atoms with Gasteiger partial charge in [-0.15, -0.1) is 0 Å². The quantitative estimate of drug-likeness (QED) is 0.373. The molecule has 0 saturated heterocycles. The molecule has 3 heteroatoms. The Balaban J connectivity index is 1.90. The number of fused-ring (bicyclic) bond motifs is 3. The van der Waals surface area contributed by atoms with Crippen LogP contribution in [0, 0.1) is 11.3 Å². The molecule has 0 atom stereocenters. The molecular weight excluding hydrogens is 354 g/mol. The molecule has 0 aliphatic heterocycles. The Morgan fingerprint density at radius 3 is 2.52 bits per heavy atom. The van der Waals surface area contributed by atoms with Gasteiger partial charge in [-0.2, -0.15) is 5.26 Å². The largest absolute Gasteiger partial charge is 0.309 e. The molecule has 0 radical (unpaired) electrons. The minimum absolute atomic E-state index is 0.626. The fraction of sp³-hybridized carbons (Fsp3) is 0.0769. The van der Waals surface area contributed by atoms with Crippen molar-refractivity contribution in [2.45, 2.75) is 13.3 Å². The zero-order valence-corrected chi connectivity index (χ0v) is 16.1. The molecule has 0 bridgehead atoms. The van der Waals surface area contributed by atoms with Crippen molar-refractivity contribution >= 4 is 21.8 Å². The molecule has 2 heterocycles. The van der Waals surface area contributed by atoms with E-state index in [9.17, 15) is 5.26 Å². The lowest BCUT2D eigenvalue weighted by Crippen LogP contribution is -1.98. The standard InChI is InChI=1S/C26H19N3/c1-2-18-11-12-26-22(15-18)20-7-3-5-9-24(20)29(26)25-10-6-4-8-21(25)23-17-28-14-13-19(23)16-27/h3-15,17H,2H2,1H3. The van der Waals surface area contributed by atoms with E-state index in [1.54, 1.807) is 18.5 Å². The number of nitriles is 1. The van der Waals surface area contributed by atoms with Crippen LogP contribution in [0.3, 0.4) is 0 Å². The third-order valence-corrected chi connectivity index (χ3v) is 5.52. The number of pyridine rings is 1. The van der Waals surface area contributed by atoms with E-state index < -0.39 is 0 Å². The van der Waals surface area contributed by atoms with Gasteiger partial charge < -0.3 is 4.57 Å². The van der Waals surface area contributed by atoms with E-state index in [1.165, 1.54) is 21.9 Å². The fourth-order valence-electron chi connectivity index (χ4n) is 4.10. The summed E-state index contributed by atoms with van der Waals surface area (Å²) in [5.41, 5.74) is 7.17. The first-order chi connectivity index (χ1) is 14.3. The van der Waals surface area contributed by atoms with E-state index in [2.05, 4.69) is 77.1 Å². The number of hydrogen-bond donors (Lipinski definition) is 0. The fourth-order valence-corrected chi connectivity index (χ4v) is 4.10. The molecule has 0 N–H and O–H groups in total. The van der Waals surface area contributed by atoms with Crippen molar-refractivity contribution in [1.82, 2.24) is 9.55 Å². The number of hydrogen-bond acceptors (Lipinski definition) is 2. The molecule has 0 aliphatic rings. The summed E-state index contributed by atoms with van der Waals surface area (Å²) in [5, 5.41) is 12.1. The summed E-state index contributed by atoms with van der Waals surface area (Å²) >= 11 is 0. The van der Waals surface area contributed by atoms with Crippen LogP contribution in [0.4, 0.5) is 0 Å². The van der Waals surface area contributed by atoms with Crippen molar-refractivity contribution in [3.63, 3.8) is 0 Å². The zero-order chi connectivity index (χ0) is 19.8. The number of aryl methyl sites for hydroxylation is 1. The van der Waals surface area contributed by atoms with Gasteiger partial charge in [-0.1, -0.05) is 49.4 Å². The maximum Gasteiger partial charge on any atom is 0.0999 e. The van der Waals surface area contributed by atoms with Crippen LogP contribution in [0.1, 0.15) is 18.1 Å². The molecule has 0 spiro atoms. The van der Waals surface area contributed by atoms with Crippen LogP contribution in [0.15, 0.2) is 85.2 Å². The summed E-state index contributed by atoms with van der Waals surface area (Å²) in [6, 6.07) is 27.5. The van der Waals surface area contributed by atoms with Gasteiger partial charge in [0.25, 0.3) is 0 Å². The number of benzene rings is 3. The Kier molecular flexibility index (Phi) is 4.11. The predicted molar refractivity (Wildman–Crippen MR) is 118 cm³/mol. The molecule has 29 heavy (non-hydrogen) atoms. The maximum absolute atomic E-state index is 9.62. The predicted octanol–water partition coefficient (Wildman–Crippen LogP) is 6.28. The molecule has 0 fully saturated rings. The molecule has 0 aliphatic carbocycles. The topological polar surface area (TPSA) is 41.6 Å². The zero-order valence-electron chi connectivity index (χ0n) is 16.1. The summed E-state index contributed by atoms with van der Waals surface area (Å²) < 4.78 is 2.30. The number of para-hydroxylation sites is 2. The Hall–Kier alpha value is -3.90. The third kappa shape index (κ3) is 2.69. The van der Waals surface area contributed by atoms with Gasteiger partial charge in [0.15, 0.2) is 0 Å². The number of nitrogens with zero attached hydrogens (tertiary/aromatic N) is 3. The highest BCUT2D eigenvalue weighted by Crippen LogP contribution is 2.37. The first-order valence-electron chi connectivity index (χ1n) is 9.77. The average molecular weight is 373 g/mol. The van der Waals surface area contributed by atoms with Crippen molar-refractivity contribution in [3.05, 3.63) is 96.3 Å². The number of rotatable bonds is 3. The van der Waals surface area contributed by atoms with E-state index in [-0.39, 0.29) is 0 Å². The molecule has 0 unspecified atom stereocenters. The van der Waals surface area contributed by atoms with Crippen molar-refractivity contribution in [3.8, 4) is 22.9 Å². The van der Waals surface area contributed by atoms with Gasteiger partial charge in [-0.3, -0.25) is 4.98 Å². The molecule has 5 rings (SSSR count). The summed E-state index contributed by atoms with van der Waals surface area (Å²) in [6.07, 6.45) is 4.45. The first-order valence-corrected chi connectivity index (χ1v) is 9.77. The molecule has 3 nitrogen and oxygen atoms in total.